The molecular weight excluding hydrogens is 358 g/mol. The van der Waals surface area contributed by atoms with Crippen molar-refractivity contribution in [2.45, 2.75) is 26.2 Å². The summed E-state index contributed by atoms with van der Waals surface area (Å²) in [6.45, 7) is 5.84. The first kappa shape index (κ1) is 16.0. The number of hydrogen-bond donors (Lipinski definition) is 0. The van der Waals surface area contributed by atoms with Gasteiger partial charge in [0.05, 0.1) is 17.7 Å². The van der Waals surface area contributed by atoms with E-state index in [0.29, 0.717) is 22.2 Å². The van der Waals surface area contributed by atoms with Crippen LogP contribution in [-0.2, 0) is 10.2 Å². The van der Waals surface area contributed by atoms with Crippen molar-refractivity contribution in [3.05, 3.63) is 39.1 Å². The third-order valence-corrected chi connectivity index (χ3v) is 3.69. The molecule has 21 heavy (non-hydrogen) atoms. The lowest BCUT2D eigenvalue weighted by atomic mass is 9.91. The van der Waals surface area contributed by atoms with Gasteiger partial charge in [-0.05, 0) is 18.2 Å². The molecule has 0 saturated heterocycles. The summed E-state index contributed by atoms with van der Waals surface area (Å²) in [6.07, 6.45) is 0. The van der Waals surface area contributed by atoms with E-state index in [0.717, 1.165) is 4.47 Å². The van der Waals surface area contributed by atoms with Crippen LogP contribution in [-0.4, -0.2) is 18.1 Å². The highest BCUT2D eigenvalue weighted by atomic mass is 79.9. The van der Waals surface area contributed by atoms with E-state index in [1.54, 1.807) is 12.1 Å². The summed E-state index contributed by atoms with van der Waals surface area (Å²) in [7, 11) is 1.31. The van der Waals surface area contributed by atoms with Gasteiger partial charge in [-0.25, -0.2) is 9.78 Å². The molecule has 0 bridgehead atoms. The molecule has 1 heterocycles. The van der Waals surface area contributed by atoms with Crippen molar-refractivity contribution in [2.75, 3.05) is 7.11 Å². The Bertz CT molecular complexity index is 689. The SMILES string of the molecule is COC(=O)c1oc(-c2cc(Br)ccc2Cl)nc1C(C)(C)C. The molecule has 4 nitrogen and oxygen atoms in total. The number of ether oxygens (including phenoxy) is 1. The van der Waals surface area contributed by atoms with Gasteiger partial charge in [-0.1, -0.05) is 48.3 Å². The number of halogens is 2. The predicted octanol–water partition coefficient (Wildman–Crippen LogP) is 4.84. The third kappa shape index (κ3) is 3.30. The molecule has 2 aromatic rings. The summed E-state index contributed by atoms with van der Waals surface area (Å²) in [5.41, 5.74) is 0.802. The van der Waals surface area contributed by atoms with E-state index in [-0.39, 0.29) is 11.2 Å². The number of aromatic nitrogens is 1. The lowest BCUT2D eigenvalue weighted by Crippen LogP contribution is -2.17. The number of hydrogen-bond acceptors (Lipinski definition) is 4. The van der Waals surface area contributed by atoms with Gasteiger partial charge in [-0.15, -0.1) is 0 Å². The highest BCUT2D eigenvalue weighted by Gasteiger charge is 2.30. The largest absolute Gasteiger partial charge is 0.463 e. The van der Waals surface area contributed by atoms with Gasteiger partial charge in [0, 0.05) is 9.89 Å². The molecule has 0 N–H and O–H groups in total. The Kier molecular flexibility index (Phi) is 4.44. The molecule has 0 unspecified atom stereocenters. The Labute approximate surface area is 136 Å². The fraction of sp³-hybridized carbons (Fsp3) is 0.333. The minimum Gasteiger partial charge on any atom is -0.463 e. The molecule has 0 amide bonds. The zero-order valence-electron chi connectivity index (χ0n) is 12.2. The second-order valence-corrected chi connectivity index (χ2v) is 6.89. The minimum atomic E-state index is -0.551. The van der Waals surface area contributed by atoms with E-state index in [1.165, 1.54) is 7.11 Å². The average molecular weight is 373 g/mol. The zero-order valence-corrected chi connectivity index (χ0v) is 14.5. The number of esters is 1. The molecule has 0 spiro atoms. The molecule has 6 heteroatoms. The van der Waals surface area contributed by atoms with Crippen molar-refractivity contribution >= 4 is 33.5 Å². The van der Waals surface area contributed by atoms with Crippen LogP contribution in [0.2, 0.25) is 5.02 Å². The maximum Gasteiger partial charge on any atom is 0.376 e. The molecule has 0 radical (unpaired) electrons. The number of benzene rings is 1. The highest BCUT2D eigenvalue weighted by Crippen LogP contribution is 2.34. The number of oxazole rings is 1. The summed E-state index contributed by atoms with van der Waals surface area (Å²) < 4.78 is 11.2. The number of carbonyl (C=O) groups excluding carboxylic acids is 1. The lowest BCUT2D eigenvalue weighted by Gasteiger charge is -2.15. The first-order chi connectivity index (χ1) is 9.74. The summed E-state index contributed by atoms with van der Waals surface area (Å²) >= 11 is 9.56. The Morgan fingerprint density at radius 1 is 1.38 bits per heavy atom. The normalized spacial score (nSPS) is 11.5. The fourth-order valence-electron chi connectivity index (χ4n) is 1.84. The van der Waals surface area contributed by atoms with E-state index in [2.05, 4.69) is 20.9 Å². The van der Waals surface area contributed by atoms with Gasteiger partial charge in [-0.3, -0.25) is 0 Å². The van der Waals surface area contributed by atoms with Crippen LogP contribution in [0.1, 0.15) is 37.0 Å². The summed E-state index contributed by atoms with van der Waals surface area (Å²) in [4.78, 5) is 16.3. The summed E-state index contributed by atoms with van der Waals surface area (Å²) in [6, 6.07) is 5.35. The van der Waals surface area contributed by atoms with Crippen LogP contribution in [0, 0.1) is 0 Å². The van der Waals surface area contributed by atoms with E-state index < -0.39 is 5.97 Å². The van der Waals surface area contributed by atoms with Crippen LogP contribution in [0.15, 0.2) is 27.1 Å². The molecule has 1 aromatic carbocycles. The van der Waals surface area contributed by atoms with Crippen LogP contribution in [0.3, 0.4) is 0 Å². The molecular formula is C15H15BrClNO3. The molecule has 0 atom stereocenters. The Hall–Kier alpha value is -1.33. The van der Waals surface area contributed by atoms with Gasteiger partial charge in [0.15, 0.2) is 0 Å². The van der Waals surface area contributed by atoms with E-state index in [4.69, 9.17) is 20.8 Å². The topological polar surface area (TPSA) is 52.3 Å². The smallest absolute Gasteiger partial charge is 0.376 e. The lowest BCUT2D eigenvalue weighted by molar-refractivity contribution is 0.0562. The molecule has 0 fully saturated rings. The van der Waals surface area contributed by atoms with Crippen molar-refractivity contribution in [1.29, 1.82) is 0 Å². The van der Waals surface area contributed by atoms with E-state index in [1.807, 2.05) is 26.8 Å². The quantitative estimate of drug-likeness (QED) is 0.708. The van der Waals surface area contributed by atoms with Gasteiger partial charge >= 0.3 is 5.97 Å². The van der Waals surface area contributed by atoms with Crippen LogP contribution in [0.4, 0.5) is 0 Å². The van der Waals surface area contributed by atoms with Gasteiger partial charge in [0.25, 0.3) is 0 Å². The molecule has 0 aliphatic heterocycles. The minimum absolute atomic E-state index is 0.107. The van der Waals surface area contributed by atoms with Crippen molar-refractivity contribution in [3.63, 3.8) is 0 Å². The summed E-state index contributed by atoms with van der Waals surface area (Å²) in [5, 5.41) is 0.497. The molecule has 0 aliphatic rings. The highest BCUT2D eigenvalue weighted by molar-refractivity contribution is 9.10. The van der Waals surface area contributed by atoms with Gasteiger partial charge in [-0.2, -0.15) is 0 Å². The standard InChI is InChI=1S/C15H15BrClNO3/c1-15(2,3)12-11(14(19)20-4)21-13(18-12)9-7-8(16)5-6-10(9)17/h5-7H,1-4H3. The maximum absolute atomic E-state index is 11.9. The molecule has 2 rings (SSSR count). The number of carbonyl (C=O) groups is 1. The number of rotatable bonds is 2. The average Bonchev–Trinajstić information content (AvgIpc) is 2.85. The Morgan fingerprint density at radius 3 is 2.62 bits per heavy atom. The van der Waals surface area contributed by atoms with Crippen molar-refractivity contribution in [2.24, 2.45) is 0 Å². The van der Waals surface area contributed by atoms with Gasteiger partial charge in [0.2, 0.25) is 11.7 Å². The van der Waals surface area contributed by atoms with Crippen LogP contribution in [0.25, 0.3) is 11.5 Å². The van der Waals surface area contributed by atoms with Gasteiger partial charge < -0.3 is 9.15 Å². The number of nitrogens with zero attached hydrogens (tertiary/aromatic N) is 1. The first-order valence-electron chi connectivity index (χ1n) is 6.29. The monoisotopic (exact) mass is 371 g/mol. The van der Waals surface area contributed by atoms with Crippen molar-refractivity contribution in [3.8, 4) is 11.5 Å². The van der Waals surface area contributed by atoms with E-state index >= 15 is 0 Å². The van der Waals surface area contributed by atoms with Gasteiger partial charge in [0.1, 0.15) is 5.69 Å². The second kappa shape index (κ2) is 5.81. The van der Waals surface area contributed by atoms with Crippen LogP contribution >= 0.6 is 27.5 Å². The van der Waals surface area contributed by atoms with Crippen molar-refractivity contribution < 1.29 is 13.9 Å². The summed E-state index contributed by atoms with van der Waals surface area (Å²) in [5.74, 6) is -0.146. The third-order valence-electron chi connectivity index (χ3n) is 2.87. The van der Waals surface area contributed by atoms with E-state index in [9.17, 15) is 4.79 Å². The van der Waals surface area contributed by atoms with Crippen molar-refractivity contribution in [1.82, 2.24) is 4.98 Å². The van der Waals surface area contributed by atoms with Crippen LogP contribution < -0.4 is 0 Å². The maximum atomic E-state index is 11.9. The number of methoxy groups -OCH3 is 1. The van der Waals surface area contributed by atoms with Crippen LogP contribution in [0.5, 0.6) is 0 Å². The Morgan fingerprint density at radius 2 is 2.05 bits per heavy atom. The fourth-order valence-corrected chi connectivity index (χ4v) is 2.40. The second-order valence-electron chi connectivity index (χ2n) is 5.56. The predicted molar refractivity (Wildman–Crippen MR) is 84.7 cm³/mol. The molecule has 0 saturated carbocycles. The Balaban J connectivity index is 2.64. The molecule has 1 aromatic heterocycles. The first-order valence-corrected chi connectivity index (χ1v) is 7.46. The molecule has 112 valence electrons. The zero-order chi connectivity index (χ0) is 15.8. The molecule has 0 aliphatic carbocycles.